The third kappa shape index (κ3) is 3.38. The van der Waals surface area contributed by atoms with Gasteiger partial charge in [0.25, 0.3) is 5.91 Å². The maximum atomic E-state index is 12.4. The standard InChI is InChI=1S/C15H19ClN2O3S/c1-22(20,21)18-11-4-5-13(16)12(8-11)15(19)17-14-7-9-2-3-10(14)6-9/h4-5,8-10,14,18H,2-3,6-7H2,1H3,(H,17,19)/t9-,10-,14+/m1/s1. The lowest BCUT2D eigenvalue weighted by molar-refractivity contribution is 0.0923. The minimum atomic E-state index is -3.39. The molecule has 0 aliphatic heterocycles. The molecule has 2 N–H and O–H groups in total. The number of rotatable bonds is 4. The molecule has 0 heterocycles. The van der Waals surface area contributed by atoms with Gasteiger partial charge in [0.2, 0.25) is 10.0 Å². The van der Waals surface area contributed by atoms with Crippen LogP contribution in [0.25, 0.3) is 0 Å². The molecule has 0 saturated heterocycles. The molecule has 0 radical (unpaired) electrons. The molecule has 2 aliphatic rings. The van der Waals surface area contributed by atoms with Gasteiger partial charge in [0.05, 0.1) is 16.8 Å². The second-order valence-electron chi connectivity index (χ2n) is 6.32. The number of carbonyl (C=O) groups excluding carboxylic acids is 1. The minimum Gasteiger partial charge on any atom is -0.349 e. The fourth-order valence-corrected chi connectivity index (χ4v) is 4.40. The maximum absolute atomic E-state index is 12.4. The first kappa shape index (κ1) is 15.6. The first-order chi connectivity index (χ1) is 10.3. The first-order valence-corrected chi connectivity index (χ1v) is 9.67. The van der Waals surface area contributed by atoms with Gasteiger partial charge in [-0.05, 0) is 49.3 Å². The molecule has 22 heavy (non-hydrogen) atoms. The summed E-state index contributed by atoms with van der Waals surface area (Å²) in [4.78, 5) is 12.4. The van der Waals surface area contributed by atoms with Crippen molar-refractivity contribution in [1.82, 2.24) is 5.32 Å². The monoisotopic (exact) mass is 342 g/mol. The molecular formula is C15H19ClN2O3S. The smallest absolute Gasteiger partial charge is 0.253 e. The van der Waals surface area contributed by atoms with E-state index in [4.69, 9.17) is 11.6 Å². The van der Waals surface area contributed by atoms with Crippen LogP contribution in [0.4, 0.5) is 5.69 Å². The summed E-state index contributed by atoms with van der Waals surface area (Å²) in [5.74, 6) is 1.08. The van der Waals surface area contributed by atoms with E-state index >= 15 is 0 Å². The molecule has 120 valence electrons. The van der Waals surface area contributed by atoms with Gasteiger partial charge in [-0.1, -0.05) is 18.0 Å². The van der Waals surface area contributed by atoms with Gasteiger partial charge in [-0.3, -0.25) is 9.52 Å². The van der Waals surface area contributed by atoms with Crippen molar-refractivity contribution in [3.05, 3.63) is 28.8 Å². The summed E-state index contributed by atoms with van der Waals surface area (Å²) in [7, 11) is -3.39. The van der Waals surface area contributed by atoms with E-state index in [0.717, 1.165) is 18.6 Å². The van der Waals surface area contributed by atoms with Gasteiger partial charge in [-0.25, -0.2) is 8.42 Å². The van der Waals surface area contributed by atoms with Crippen LogP contribution < -0.4 is 10.0 Å². The molecule has 0 spiro atoms. The van der Waals surface area contributed by atoms with Crippen molar-refractivity contribution in [2.75, 3.05) is 11.0 Å². The van der Waals surface area contributed by atoms with Crippen molar-refractivity contribution >= 4 is 33.2 Å². The Morgan fingerprint density at radius 3 is 2.64 bits per heavy atom. The highest BCUT2D eigenvalue weighted by Crippen LogP contribution is 2.44. The molecule has 1 aromatic rings. The average Bonchev–Trinajstić information content (AvgIpc) is 3.01. The van der Waals surface area contributed by atoms with Gasteiger partial charge < -0.3 is 5.32 Å². The van der Waals surface area contributed by atoms with E-state index in [-0.39, 0.29) is 11.9 Å². The molecule has 0 aromatic heterocycles. The van der Waals surface area contributed by atoms with E-state index in [0.29, 0.717) is 22.2 Å². The normalized spacial score (nSPS) is 26.9. The Morgan fingerprint density at radius 2 is 2.05 bits per heavy atom. The molecule has 7 heteroatoms. The average molecular weight is 343 g/mol. The fourth-order valence-electron chi connectivity index (χ4n) is 3.64. The summed E-state index contributed by atoms with van der Waals surface area (Å²) in [5.41, 5.74) is 0.642. The van der Waals surface area contributed by atoms with E-state index < -0.39 is 10.0 Å². The van der Waals surface area contributed by atoms with Crippen LogP contribution in [0.2, 0.25) is 5.02 Å². The van der Waals surface area contributed by atoms with Crippen LogP contribution in [0, 0.1) is 11.8 Å². The molecule has 2 bridgehead atoms. The van der Waals surface area contributed by atoms with E-state index in [9.17, 15) is 13.2 Å². The second-order valence-corrected chi connectivity index (χ2v) is 8.48. The summed E-state index contributed by atoms with van der Waals surface area (Å²) in [6.45, 7) is 0. The van der Waals surface area contributed by atoms with Gasteiger partial charge in [0.15, 0.2) is 0 Å². The molecule has 3 rings (SSSR count). The van der Waals surface area contributed by atoms with Crippen LogP contribution in [-0.4, -0.2) is 26.6 Å². The van der Waals surface area contributed by atoms with E-state index in [2.05, 4.69) is 10.0 Å². The van der Waals surface area contributed by atoms with Crippen molar-refractivity contribution in [3.8, 4) is 0 Å². The topological polar surface area (TPSA) is 75.3 Å². The number of hydrogen-bond donors (Lipinski definition) is 2. The van der Waals surface area contributed by atoms with E-state index in [1.165, 1.54) is 37.5 Å². The molecule has 2 aliphatic carbocycles. The predicted molar refractivity (Wildman–Crippen MR) is 86.6 cm³/mol. The van der Waals surface area contributed by atoms with Crippen molar-refractivity contribution in [3.63, 3.8) is 0 Å². The molecule has 3 atom stereocenters. The van der Waals surface area contributed by atoms with Crippen LogP contribution in [-0.2, 0) is 10.0 Å². The van der Waals surface area contributed by atoms with Gasteiger partial charge in [0.1, 0.15) is 0 Å². The summed E-state index contributed by atoms with van der Waals surface area (Å²) in [5, 5.41) is 3.38. The number of benzene rings is 1. The third-order valence-electron chi connectivity index (χ3n) is 4.57. The molecule has 1 aromatic carbocycles. The Morgan fingerprint density at radius 1 is 1.27 bits per heavy atom. The third-order valence-corrected chi connectivity index (χ3v) is 5.50. The highest BCUT2D eigenvalue weighted by atomic mass is 35.5. The van der Waals surface area contributed by atoms with Crippen molar-refractivity contribution in [2.24, 2.45) is 11.8 Å². The Bertz CT molecular complexity index is 705. The zero-order valence-corrected chi connectivity index (χ0v) is 13.9. The Hall–Kier alpha value is -1.27. The van der Waals surface area contributed by atoms with E-state index in [1.54, 1.807) is 0 Å². The lowest BCUT2D eigenvalue weighted by Gasteiger charge is -2.23. The molecular weight excluding hydrogens is 324 g/mol. The number of fused-ring (bicyclic) bond motifs is 2. The second kappa shape index (κ2) is 5.74. The van der Waals surface area contributed by atoms with E-state index in [1.807, 2.05) is 0 Å². The molecule has 1 amide bonds. The predicted octanol–water partition coefficient (Wildman–Crippen LogP) is 2.63. The van der Waals surface area contributed by atoms with Crippen molar-refractivity contribution < 1.29 is 13.2 Å². The summed E-state index contributed by atoms with van der Waals surface area (Å²) in [6, 6.07) is 4.77. The van der Waals surface area contributed by atoms with Crippen LogP contribution in [0.1, 0.15) is 36.0 Å². The SMILES string of the molecule is CS(=O)(=O)Nc1ccc(Cl)c(C(=O)N[C@H]2C[C@@H]3CC[C@@H]2C3)c1. The Kier molecular flexibility index (Phi) is 4.07. The lowest BCUT2D eigenvalue weighted by atomic mass is 9.95. The van der Waals surface area contributed by atoms with Crippen LogP contribution in [0.15, 0.2) is 18.2 Å². The highest BCUT2D eigenvalue weighted by Gasteiger charge is 2.40. The maximum Gasteiger partial charge on any atom is 0.253 e. The van der Waals surface area contributed by atoms with Gasteiger partial charge in [-0.15, -0.1) is 0 Å². The van der Waals surface area contributed by atoms with Crippen molar-refractivity contribution in [2.45, 2.75) is 31.7 Å². The van der Waals surface area contributed by atoms with Gasteiger partial charge >= 0.3 is 0 Å². The Labute approximate surface area is 135 Å². The molecule has 5 nitrogen and oxygen atoms in total. The zero-order chi connectivity index (χ0) is 15.9. The number of halogens is 1. The van der Waals surface area contributed by atoms with Gasteiger partial charge in [0, 0.05) is 11.7 Å². The quantitative estimate of drug-likeness (QED) is 0.883. The number of amides is 1. The highest BCUT2D eigenvalue weighted by molar-refractivity contribution is 7.92. The first-order valence-electron chi connectivity index (χ1n) is 7.40. The number of anilines is 1. The summed E-state index contributed by atoms with van der Waals surface area (Å²) >= 11 is 6.09. The van der Waals surface area contributed by atoms with Gasteiger partial charge in [-0.2, -0.15) is 0 Å². The lowest BCUT2D eigenvalue weighted by Crippen LogP contribution is -2.38. The summed E-state index contributed by atoms with van der Waals surface area (Å²) < 4.78 is 24.9. The van der Waals surface area contributed by atoms with Crippen LogP contribution >= 0.6 is 11.6 Å². The molecule has 2 saturated carbocycles. The zero-order valence-electron chi connectivity index (χ0n) is 12.3. The number of hydrogen-bond acceptors (Lipinski definition) is 3. The number of nitrogens with one attached hydrogen (secondary N) is 2. The summed E-state index contributed by atoms with van der Waals surface area (Å²) in [6.07, 6.45) is 5.75. The molecule has 2 fully saturated rings. The molecule has 0 unspecified atom stereocenters. The van der Waals surface area contributed by atoms with Crippen LogP contribution in [0.5, 0.6) is 0 Å². The minimum absolute atomic E-state index is 0.217. The number of carbonyl (C=O) groups is 1. The Balaban J connectivity index is 1.75. The van der Waals surface area contributed by atoms with Crippen molar-refractivity contribution in [1.29, 1.82) is 0 Å². The largest absolute Gasteiger partial charge is 0.349 e. The fraction of sp³-hybridized carbons (Fsp3) is 0.533. The van der Waals surface area contributed by atoms with Crippen LogP contribution in [0.3, 0.4) is 0 Å². The number of sulfonamides is 1.